The van der Waals surface area contributed by atoms with E-state index in [0.29, 0.717) is 19.1 Å². The van der Waals surface area contributed by atoms with E-state index in [2.05, 4.69) is 26.3 Å². The molecule has 0 radical (unpaired) electrons. The number of aliphatic hydroxyl groups is 1. The van der Waals surface area contributed by atoms with Gasteiger partial charge in [0.1, 0.15) is 5.82 Å². The first-order valence-corrected chi connectivity index (χ1v) is 9.58. The van der Waals surface area contributed by atoms with Gasteiger partial charge in [-0.2, -0.15) is 0 Å². The number of rotatable bonds is 8. The highest BCUT2D eigenvalue weighted by Crippen LogP contribution is 2.23. The lowest BCUT2D eigenvalue weighted by atomic mass is 9.98. The number of nitrogens with one attached hydrogen (secondary N) is 1. The van der Waals surface area contributed by atoms with Gasteiger partial charge in [0.15, 0.2) is 0 Å². The van der Waals surface area contributed by atoms with Gasteiger partial charge < -0.3 is 20.1 Å². The molecule has 6 nitrogen and oxygen atoms in total. The summed E-state index contributed by atoms with van der Waals surface area (Å²) in [4.78, 5) is 12.5. The fraction of sp³-hybridized carbons (Fsp3) is 0.556. The third kappa shape index (κ3) is 5.14. The van der Waals surface area contributed by atoms with E-state index < -0.39 is 0 Å². The van der Waals surface area contributed by atoms with Crippen LogP contribution in [0.15, 0.2) is 24.5 Å². The van der Waals surface area contributed by atoms with Crippen molar-refractivity contribution in [2.24, 2.45) is 5.92 Å². The molecule has 1 fully saturated rings. The zero-order chi connectivity index (χ0) is 17.5. The molecular formula is C18H26N4O2S. The van der Waals surface area contributed by atoms with Crippen LogP contribution in [0.5, 0.6) is 0 Å². The maximum atomic E-state index is 9.23. The highest BCUT2D eigenvalue weighted by molar-refractivity contribution is 7.11. The van der Waals surface area contributed by atoms with E-state index >= 15 is 0 Å². The smallest absolute Gasteiger partial charge is 0.126 e. The van der Waals surface area contributed by atoms with Crippen LogP contribution in [0.3, 0.4) is 0 Å². The van der Waals surface area contributed by atoms with Crippen LogP contribution in [0.1, 0.15) is 22.7 Å². The molecule has 3 heterocycles. The summed E-state index contributed by atoms with van der Waals surface area (Å²) >= 11 is 1.71. The molecule has 7 heteroatoms. The molecule has 0 aliphatic carbocycles. The Labute approximate surface area is 152 Å². The van der Waals surface area contributed by atoms with Gasteiger partial charge in [-0.15, -0.1) is 11.3 Å². The number of aliphatic hydroxyl groups excluding tert-OH is 1. The minimum Gasteiger partial charge on any atom is -0.396 e. The number of thiazole rings is 1. The predicted octanol–water partition coefficient (Wildman–Crippen LogP) is 2.55. The first-order chi connectivity index (χ1) is 12.3. The normalized spacial score (nSPS) is 15.5. The molecule has 1 aliphatic rings. The SMILES string of the molecule is COCCc1ncc(CNc2ccc(N3CCC(CO)CC3)cn2)s1. The zero-order valence-corrected chi connectivity index (χ0v) is 15.5. The molecule has 0 atom stereocenters. The maximum Gasteiger partial charge on any atom is 0.126 e. The average molecular weight is 362 g/mol. The van der Waals surface area contributed by atoms with Crippen molar-refractivity contribution >= 4 is 22.8 Å². The van der Waals surface area contributed by atoms with Gasteiger partial charge >= 0.3 is 0 Å². The van der Waals surface area contributed by atoms with E-state index in [9.17, 15) is 5.11 Å². The minimum absolute atomic E-state index is 0.305. The lowest BCUT2D eigenvalue weighted by Gasteiger charge is -2.32. The molecule has 1 aliphatic heterocycles. The molecule has 0 spiro atoms. The summed E-state index contributed by atoms with van der Waals surface area (Å²) in [6.45, 7) is 3.73. The van der Waals surface area contributed by atoms with Gasteiger partial charge in [0, 0.05) is 44.3 Å². The van der Waals surface area contributed by atoms with E-state index in [1.165, 1.54) is 4.88 Å². The first kappa shape index (κ1) is 18.1. The van der Waals surface area contributed by atoms with Crippen molar-refractivity contribution in [2.45, 2.75) is 25.8 Å². The monoisotopic (exact) mass is 362 g/mol. The van der Waals surface area contributed by atoms with Crippen molar-refractivity contribution in [1.29, 1.82) is 0 Å². The van der Waals surface area contributed by atoms with Gasteiger partial charge in [-0.25, -0.2) is 9.97 Å². The second kappa shape index (κ2) is 9.12. The van der Waals surface area contributed by atoms with E-state index in [0.717, 1.165) is 55.4 Å². The predicted molar refractivity (Wildman–Crippen MR) is 101 cm³/mol. The van der Waals surface area contributed by atoms with E-state index in [-0.39, 0.29) is 0 Å². The second-order valence-corrected chi connectivity index (χ2v) is 7.53. The molecular weight excluding hydrogens is 336 g/mol. The second-order valence-electron chi connectivity index (χ2n) is 6.33. The summed E-state index contributed by atoms with van der Waals surface area (Å²) < 4.78 is 5.08. The molecule has 0 aromatic carbocycles. The zero-order valence-electron chi connectivity index (χ0n) is 14.6. The van der Waals surface area contributed by atoms with Crippen molar-refractivity contribution in [3.8, 4) is 0 Å². The van der Waals surface area contributed by atoms with Gasteiger partial charge in [0.25, 0.3) is 0 Å². The lowest BCUT2D eigenvalue weighted by molar-refractivity contribution is 0.202. The number of hydrogen-bond donors (Lipinski definition) is 2. The molecule has 0 unspecified atom stereocenters. The molecule has 2 N–H and O–H groups in total. The Hall–Kier alpha value is -1.70. The maximum absolute atomic E-state index is 9.23. The summed E-state index contributed by atoms with van der Waals surface area (Å²) in [5.74, 6) is 1.33. The highest BCUT2D eigenvalue weighted by atomic mass is 32.1. The van der Waals surface area contributed by atoms with Crippen LogP contribution in [0.25, 0.3) is 0 Å². The van der Waals surface area contributed by atoms with Crippen LogP contribution in [-0.4, -0.2) is 48.5 Å². The number of methoxy groups -OCH3 is 1. The molecule has 0 bridgehead atoms. The lowest BCUT2D eigenvalue weighted by Crippen LogP contribution is -2.34. The Morgan fingerprint density at radius 1 is 1.28 bits per heavy atom. The Bertz CT molecular complexity index is 639. The molecule has 0 amide bonds. The molecule has 3 rings (SSSR count). The van der Waals surface area contributed by atoms with Crippen molar-refractivity contribution in [3.05, 3.63) is 34.4 Å². The Balaban J connectivity index is 1.48. The van der Waals surface area contributed by atoms with E-state index in [4.69, 9.17) is 4.74 Å². The number of anilines is 2. The number of piperidine rings is 1. The Morgan fingerprint density at radius 2 is 2.12 bits per heavy atom. The standard InChI is InChI=1S/C18H26N4O2S/c1-24-9-6-18-21-12-16(25-18)11-20-17-3-2-15(10-19-17)22-7-4-14(13-23)5-8-22/h2-3,10,12,14,23H,4-9,11,13H2,1H3,(H,19,20). The van der Waals surface area contributed by atoms with Crippen LogP contribution in [-0.2, 0) is 17.7 Å². The fourth-order valence-corrected chi connectivity index (χ4v) is 3.81. The van der Waals surface area contributed by atoms with Gasteiger partial charge in [-0.3, -0.25) is 0 Å². The Morgan fingerprint density at radius 3 is 2.80 bits per heavy atom. The van der Waals surface area contributed by atoms with E-state index in [1.807, 2.05) is 18.5 Å². The summed E-state index contributed by atoms with van der Waals surface area (Å²) in [6.07, 6.45) is 6.81. The third-order valence-corrected chi connectivity index (χ3v) is 5.61. The van der Waals surface area contributed by atoms with Crippen LogP contribution in [0, 0.1) is 5.92 Å². The molecule has 25 heavy (non-hydrogen) atoms. The van der Waals surface area contributed by atoms with Crippen LogP contribution < -0.4 is 10.2 Å². The molecule has 0 saturated carbocycles. The third-order valence-electron chi connectivity index (χ3n) is 4.55. The number of ether oxygens (including phenoxy) is 1. The molecule has 1 saturated heterocycles. The van der Waals surface area contributed by atoms with Gasteiger partial charge in [-0.05, 0) is 30.9 Å². The van der Waals surface area contributed by atoms with E-state index in [1.54, 1.807) is 18.4 Å². The summed E-state index contributed by atoms with van der Waals surface area (Å²) in [5, 5.41) is 13.7. The number of aromatic nitrogens is 2. The highest BCUT2D eigenvalue weighted by Gasteiger charge is 2.18. The van der Waals surface area contributed by atoms with Crippen LogP contribution >= 0.6 is 11.3 Å². The van der Waals surface area contributed by atoms with Crippen molar-refractivity contribution in [3.63, 3.8) is 0 Å². The van der Waals surface area contributed by atoms with Crippen LogP contribution in [0.4, 0.5) is 11.5 Å². The topological polar surface area (TPSA) is 70.5 Å². The summed E-state index contributed by atoms with van der Waals surface area (Å²) in [7, 11) is 1.71. The average Bonchev–Trinajstić information content (AvgIpc) is 3.13. The van der Waals surface area contributed by atoms with Gasteiger partial charge in [-0.1, -0.05) is 0 Å². The first-order valence-electron chi connectivity index (χ1n) is 8.76. The molecule has 136 valence electrons. The minimum atomic E-state index is 0.305. The largest absolute Gasteiger partial charge is 0.396 e. The summed E-state index contributed by atoms with van der Waals surface area (Å²) in [6, 6.07) is 4.14. The van der Waals surface area contributed by atoms with Crippen molar-refractivity contribution < 1.29 is 9.84 Å². The van der Waals surface area contributed by atoms with Crippen molar-refractivity contribution in [2.75, 3.05) is 43.6 Å². The van der Waals surface area contributed by atoms with Gasteiger partial charge in [0.05, 0.1) is 30.0 Å². The summed E-state index contributed by atoms with van der Waals surface area (Å²) in [5.41, 5.74) is 1.15. The molecule has 2 aromatic rings. The molecule has 2 aromatic heterocycles. The number of pyridine rings is 1. The number of hydrogen-bond acceptors (Lipinski definition) is 7. The number of nitrogens with zero attached hydrogens (tertiary/aromatic N) is 3. The van der Waals surface area contributed by atoms with Crippen LogP contribution in [0.2, 0.25) is 0 Å². The Kier molecular flexibility index (Phi) is 6.61. The van der Waals surface area contributed by atoms with Crippen molar-refractivity contribution in [1.82, 2.24) is 9.97 Å². The van der Waals surface area contributed by atoms with Gasteiger partial charge in [0.2, 0.25) is 0 Å². The fourth-order valence-electron chi connectivity index (χ4n) is 2.96. The quantitative estimate of drug-likeness (QED) is 0.752.